The van der Waals surface area contributed by atoms with Crippen molar-refractivity contribution in [1.29, 1.82) is 0 Å². The lowest BCUT2D eigenvalue weighted by atomic mass is 10.2. The number of aryl methyl sites for hydroxylation is 2. The van der Waals surface area contributed by atoms with Gasteiger partial charge >= 0.3 is 0 Å². The fraction of sp³-hybridized carbons (Fsp3) is 0.417. The molecule has 1 aromatic carbocycles. The molecule has 0 aliphatic carbocycles. The number of nitrogens with zero attached hydrogens (tertiary/aromatic N) is 5. The van der Waals surface area contributed by atoms with Crippen LogP contribution in [0.25, 0.3) is 21.1 Å². The second-order valence-corrected chi connectivity index (χ2v) is 10.4. The molecule has 0 bridgehead atoms. The van der Waals surface area contributed by atoms with Crippen LogP contribution in [0.15, 0.2) is 39.2 Å². The molecule has 0 atom stereocenters. The van der Waals surface area contributed by atoms with Crippen LogP contribution in [0.2, 0.25) is 0 Å². The standard InChI is InChI=1S/C24H27N5O3S2/c1-15-16(2)33-21-20(15)22(27-19(26-21)14-28-8-12-32-13-9-28)34-24-25-18-7-5-4-6-17(18)23(30)29(24)10-11-31-3/h4-7H,8-14H2,1-3H3. The molecule has 34 heavy (non-hydrogen) atoms. The third-order valence-corrected chi connectivity index (χ3v) is 8.13. The van der Waals surface area contributed by atoms with E-state index in [0.29, 0.717) is 35.8 Å². The third-order valence-electron chi connectivity index (χ3n) is 6.04. The number of morpholine rings is 1. The van der Waals surface area contributed by atoms with E-state index in [-0.39, 0.29) is 5.56 Å². The molecular formula is C24H27N5O3S2. The van der Waals surface area contributed by atoms with Gasteiger partial charge in [-0.25, -0.2) is 15.0 Å². The Morgan fingerprint density at radius 3 is 2.74 bits per heavy atom. The molecule has 1 fully saturated rings. The van der Waals surface area contributed by atoms with Gasteiger partial charge in [0.25, 0.3) is 5.56 Å². The molecule has 10 heteroatoms. The number of methoxy groups -OCH3 is 1. The summed E-state index contributed by atoms with van der Waals surface area (Å²) >= 11 is 3.12. The number of rotatable bonds is 7. The molecule has 0 spiro atoms. The topological polar surface area (TPSA) is 82.4 Å². The fourth-order valence-electron chi connectivity index (χ4n) is 4.05. The van der Waals surface area contributed by atoms with Crippen molar-refractivity contribution in [2.75, 3.05) is 40.0 Å². The number of benzene rings is 1. The van der Waals surface area contributed by atoms with Gasteiger partial charge in [-0.2, -0.15) is 0 Å². The average molecular weight is 498 g/mol. The van der Waals surface area contributed by atoms with E-state index >= 15 is 0 Å². The summed E-state index contributed by atoms with van der Waals surface area (Å²) in [5, 5.41) is 3.09. The highest BCUT2D eigenvalue weighted by Gasteiger charge is 2.21. The first-order valence-corrected chi connectivity index (χ1v) is 12.9. The van der Waals surface area contributed by atoms with Crippen LogP contribution in [0.5, 0.6) is 0 Å². The van der Waals surface area contributed by atoms with E-state index in [0.717, 1.165) is 47.4 Å². The smallest absolute Gasteiger partial charge is 0.262 e. The maximum atomic E-state index is 13.3. The molecule has 178 valence electrons. The van der Waals surface area contributed by atoms with E-state index in [2.05, 4.69) is 18.7 Å². The molecule has 0 radical (unpaired) electrons. The van der Waals surface area contributed by atoms with Crippen molar-refractivity contribution in [2.45, 2.75) is 37.1 Å². The molecule has 1 saturated heterocycles. The van der Waals surface area contributed by atoms with Gasteiger partial charge in [-0.05, 0) is 43.3 Å². The van der Waals surface area contributed by atoms with Crippen LogP contribution in [0.3, 0.4) is 0 Å². The Bertz CT molecular complexity index is 1400. The van der Waals surface area contributed by atoms with Crippen LogP contribution in [0.1, 0.15) is 16.3 Å². The van der Waals surface area contributed by atoms with Crippen LogP contribution in [0, 0.1) is 13.8 Å². The second kappa shape index (κ2) is 10.1. The van der Waals surface area contributed by atoms with Crippen LogP contribution >= 0.6 is 23.1 Å². The summed E-state index contributed by atoms with van der Waals surface area (Å²) in [7, 11) is 1.63. The Labute approximate surface area is 205 Å². The first kappa shape index (κ1) is 23.4. The minimum atomic E-state index is -0.0674. The Kier molecular flexibility index (Phi) is 6.94. The van der Waals surface area contributed by atoms with Crippen LogP contribution in [-0.2, 0) is 22.6 Å². The summed E-state index contributed by atoms with van der Waals surface area (Å²) in [4.78, 5) is 32.6. The lowest BCUT2D eigenvalue weighted by Crippen LogP contribution is -2.36. The van der Waals surface area contributed by atoms with E-state index in [1.165, 1.54) is 22.2 Å². The summed E-state index contributed by atoms with van der Waals surface area (Å²) in [5.41, 5.74) is 1.79. The molecular weight excluding hydrogens is 470 g/mol. The molecule has 4 heterocycles. The number of aromatic nitrogens is 4. The highest BCUT2D eigenvalue weighted by atomic mass is 32.2. The number of hydrogen-bond donors (Lipinski definition) is 0. The van der Waals surface area contributed by atoms with Gasteiger partial charge in [0.05, 0.1) is 43.8 Å². The molecule has 0 N–H and O–H groups in total. The minimum Gasteiger partial charge on any atom is -0.383 e. The first-order chi connectivity index (χ1) is 16.5. The van der Waals surface area contributed by atoms with Gasteiger partial charge in [-0.1, -0.05) is 12.1 Å². The molecule has 0 saturated carbocycles. The molecule has 8 nitrogen and oxygen atoms in total. The predicted octanol–water partition coefficient (Wildman–Crippen LogP) is 3.65. The Morgan fingerprint density at radius 1 is 1.15 bits per heavy atom. The lowest BCUT2D eigenvalue weighted by molar-refractivity contribution is 0.0330. The number of hydrogen-bond acceptors (Lipinski definition) is 9. The average Bonchev–Trinajstić information content (AvgIpc) is 3.13. The highest BCUT2D eigenvalue weighted by Crippen LogP contribution is 2.37. The van der Waals surface area contributed by atoms with E-state index in [1.807, 2.05) is 24.3 Å². The number of ether oxygens (including phenoxy) is 2. The van der Waals surface area contributed by atoms with E-state index in [4.69, 9.17) is 24.4 Å². The number of fused-ring (bicyclic) bond motifs is 2. The zero-order chi connectivity index (χ0) is 23.7. The monoisotopic (exact) mass is 497 g/mol. The van der Waals surface area contributed by atoms with E-state index in [1.54, 1.807) is 23.0 Å². The molecule has 5 rings (SSSR count). The summed E-state index contributed by atoms with van der Waals surface area (Å²) in [5.74, 6) is 0.782. The van der Waals surface area contributed by atoms with Crippen molar-refractivity contribution < 1.29 is 9.47 Å². The van der Waals surface area contributed by atoms with Gasteiger partial charge in [0.1, 0.15) is 15.7 Å². The van der Waals surface area contributed by atoms with Crippen LogP contribution in [0.4, 0.5) is 0 Å². The Balaban J connectivity index is 1.61. The van der Waals surface area contributed by atoms with Crippen LogP contribution < -0.4 is 5.56 Å². The van der Waals surface area contributed by atoms with Gasteiger partial charge in [0, 0.05) is 30.5 Å². The summed E-state index contributed by atoms with van der Waals surface area (Å²) in [6.45, 7) is 8.93. The maximum Gasteiger partial charge on any atom is 0.262 e. The van der Waals surface area contributed by atoms with Crippen molar-refractivity contribution >= 4 is 44.2 Å². The van der Waals surface area contributed by atoms with Crippen molar-refractivity contribution in [3.8, 4) is 0 Å². The highest BCUT2D eigenvalue weighted by molar-refractivity contribution is 7.99. The molecule has 1 aliphatic rings. The summed E-state index contributed by atoms with van der Waals surface area (Å²) in [6, 6.07) is 7.46. The van der Waals surface area contributed by atoms with Crippen molar-refractivity contribution in [1.82, 2.24) is 24.4 Å². The zero-order valence-corrected chi connectivity index (χ0v) is 21.2. The summed E-state index contributed by atoms with van der Waals surface area (Å²) in [6.07, 6.45) is 0. The predicted molar refractivity (Wildman–Crippen MR) is 135 cm³/mol. The van der Waals surface area contributed by atoms with E-state index < -0.39 is 0 Å². The largest absolute Gasteiger partial charge is 0.383 e. The van der Waals surface area contributed by atoms with Gasteiger partial charge in [-0.3, -0.25) is 14.3 Å². The first-order valence-electron chi connectivity index (χ1n) is 11.3. The molecule has 0 unspecified atom stereocenters. The van der Waals surface area contributed by atoms with E-state index in [9.17, 15) is 4.79 Å². The van der Waals surface area contributed by atoms with Crippen molar-refractivity contribution in [2.24, 2.45) is 0 Å². The van der Waals surface area contributed by atoms with Gasteiger partial charge in [0.15, 0.2) is 5.16 Å². The lowest BCUT2D eigenvalue weighted by Gasteiger charge is -2.25. The van der Waals surface area contributed by atoms with Crippen molar-refractivity contribution in [3.05, 3.63) is 50.9 Å². The maximum absolute atomic E-state index is 13.3. The second-order valence-electron chi connectivity index (χ2n) is 8.26. The minimum absolute atomic E-state index is 0.0674. The number of para-hydroxylation sites is 1. The number of thiophene rings is 1. The quantitative estimate of drug-likeness (QED) is 0.283. The summed E-state index contributed by atoms with van der Waals surface area (Å²) < 4.78 is 12.5. The zero-order valence-electron chi connectivity index (χ0n) is 19.5. The molecule has 4 aromatic rings. The molecule has 3 aromatic heterocycles. The normalized spacial score (nSPS) is 14.9. The molecule has 0 amide bonds. The van der Waals surface area contributed by atoms with Gasteiger partial charge in [0.2, 0.25) is 0 Å². The Morgan fingerprint density at radius 2 is 1.94 bits per heavy atom. The SMILES string of the molecule is COCCn1c(Sc2nc(CN3CCOCC3)nc3sc(C)c(C)c23)nc2ccccc2c1=O. The van der Waals surface area contributed by atoms with Crippen LogP contribution in [-0.4, -0.2) is 64.4 Å². The Hall–Kier alpha value is -2.37. The van der Waals surface area contributed by atoms with Gasteiger partial charge < -0.3 is 9.47 Å². The van der Waals surface area contributed by atoms with Gasteiger partial charge in [-0.15, -0.1) is 11.3 Å². The molecule has 1 aliphatic heterocycles. The third kappa shape index (κ3) is 4.60. The fourth-order valence-corrected chi connectivity index (χ4v) is 6.27. The van der Waals surface area contributed by atoms with Crippen molar-refractivity contribution in [3.63, 3.8) is 0 Å².